The molecule has 0 aliphatic rings. The molecule has 0 radical (unpaired) electrons. The topological polar surface area (TPSA) is 66.6 Å². The largest absolute Gasteiger partial charge is 0.481 e. The second-order valence-electron chi connectivity index (χ2n) is 3.84. The molecule has 2 unspecified atom stereocenters. The molecule has 90 valence electrons. The summed E-state index contributed by atoms with van der Waals surface area (Å²) < 4.78 is 1.00. The molecular weight excluding hydrogens is 292 g/mol. The van der Waals surface area contributed by atoms with Gasteiger partial charge in [-0.2, -0.15) is 0 Å². The number of rotatable bonds is 5. The highest BCUT2D eigenvalue weighted by Crippen LogP contribution is 2.30. The second-order valence-corrected chi connectivity index (χ2v) is 5.70. The lowest BCUT2D eigenvalue weighted by Crippen LogP contribution is -2.38. The molecule has 2 atom stereocenters. The summed E-state index contributed by atoms with van der Waals surface area (Å²) in [6, 6.07) is 1.52. The Labute approximate surface area is 107 Å². The number of carboxylic acid groups (broad SMARTS) is 1. The molecular formula is C10H15BrN2O2S. The van der Waals surface area contributed by atoms with E-state index in [2.05, 4.69) is 15.9 Å². The van der Waals surface area contributed by atoms with Crippen LogP contribution in [0.25, 0.3) is 0 Å². The summed E-state index contributed by atoms with van der Waals surface area (Å²) in [5.41, 5.74) is 5.93. The van der Waals surface area contributed by atoms with Crippen molar-refractivity contribution in [1.29, 1.82) is 0 Å². The van der Waals surface area contributed by atoms with Crippen molar-refractivity contribution in [2.75, 3.05) is 14.1 Å². The molecule has 16 heavy (non-hydrogen) atoms. The fourth-order valence-electron chi connectivity index (χ4n) is 1.65. The number of nitrogens with two attached hydrogens (primary N) is 1. The van der Waals surface area contributed by atoms with E-state index >= 15 is 0 Å². The minimum absolute atomic E-state index is 0.0294. The van der Waals surface area contributed by atoms with Crippen molar-refractivity contribution in [3.63, 3.8) is 0 Å². The third-order valence-electron chi connectivity index (χ3n) is 2.25. The molecule has 0 bridgehead atoms. The number of hydrogen-bond donors (Lipinski definition) is 2. The molecule has 1 aromatic rings. The van der Waals surface area contributed by atoms with Crippen molar-refractivity contribution >= 4 is 33.2 Å². The minimum atomic E-state index is -0.866. The van der Waals surface area contributed by atoms with Crippen LogP contribution < -0.4 is 5.73 Å². The lowest BCUT2D eigenvalue weighted by Gasteiger charge is -2.28. The normalized spacial score (nSPS) is 15.1. The van der Waals surface area contributed by atoms with Gasteiger partial charge >= 0.3 is 5.97 Å². The first-order valence-corrected chi connectivity index (χ1v) is 6.46. The zero-order valence-corrected chi connectivity index (χ0v) is 11.6. The average Bonchev–Trinajstić information content (AvgIpc) is 2.49. The first kappa shape index (κ1) is 13.6. The Morgan fingerprint density at radius 3 is 2.69 bits per heavy atom. The van der Waals surface area contributed by atoms with Crippen molar-refractivity contribution in [2.24, 2.45) is 5.73 Å². The van der Waals surface area contributed by atoms with Gasteiger partial charge in [0.15, 0.2) is 0 Å². The quantitative estimate of drug-likeness (QED) is 0.872. The Hall–Kier alpha value is -0.430. The Kier molecular flexibility index (Phi) is 4.91. The third kappa shape index (κ3) is 3.55. The van der Waals surface area contributed by atoms with Gasteiger partial charge in [-0.15, -0.1) is 11.3 Å². The van der Waals surface area contributed by atoms with E-state index in [4.69, 9.17) is 10.8 Å². The standard InChI is InChI=1S/C10H15BrN2O2S/c1-13(2)10(7(12)4-9(14)15)8-3-6(11)5-16-8/h3,5,7,10H,4,12H2,1-2H3,(H,14,15). The van der Waals surface area contributed by atoms with Gasteiger partial charge in [-0.1, -0.05) is 0 Å². The van der Waals surface area contributed by atoms with Gasteiger partial charge < -0.3 is 15.7 Å². The summed E-state index contributed by atoms with van der Waals surface area (Å²) in [6.07, 6.45) is -0.0294. The molecule has 0 spiro atoms. The molecule has 0 amide bonds. The first-order chi connectivity index (χ1) is 7.41. The Balaban J connectivity index is 2.86. The van der Waals surface area contributed by atoms with Crippen LogP contribution >= 0.6 is 27.3 Å². The lowest BCUT2D eigenvalue weighted by atomic mass is 10.0. The number of halogens is 1. The molecule has 0 saturated heterocycles. The smallest absolute Gasteiger partial charge is 0.304 e. The zero-order valence-electron chi connectivity index (χ0n) is 9.18. The van der Waals surface area contributed by atoms with E-state index in [1.54, 1.807) is 11.3 Å². The minimum Gasteiger partial charge on any atom is -0.481 e. The summed E-state index contributed by atoms with van der Waals surface area (Å²) in [5.74, 6) is -0.866. The van der Waals surface area contributed by atoms with Gasteiger partial charge in [-0.05, 0) is 36.1 Å². The van der Waals surface area contributed by atoms with Gasteiger partial charge in [0.1, 0.15) is 0 Å². The summed E-state index contributed by atoms with van der Waals surface area (Å²) in [5, 5.41) is 10.7. The van der Waals surface area contributed by atoms with Crippen molar-refractivity contribution in [3.05, 3.63) is 20.8 Å². The second kappa shape index (κ2) is 5.77. The van der Waals surface area contributed by atoms with Crippen LogP contribution in [0.5, 0.6) is 0 Å². The van der Waals surface area contributed by atoms with Crippen LogP contribution in [0.15, 0.2) is 15.9 Å². The van der Waals surface area contributed by atoms with Crippen molar-refractivity contribution < 1.29 is 9.90 Å². The van der Waals surface area contributed by atoms with Crippen LogP contribution in [0.1, 0.15) is 17.3 Å². The monoisotopic (exact) mass is 306 g/mol. The first-order valence-electron chi connectivity index (χ1n) is 4.79. The highest BCUT2D eigenvalue weighted by atomic mass is 79.9. The molecule has 0 aliphatic heterocycles. The zero-order chi connectivity index (χ0) is 12.3. The van der Waals surface area contributed by atoms with Crippen LogP contribution in [0.2, 0.25) is 0 Å². The number of thiophene rings is 1. The maximum atomic E-state index is 10.7. The number of hydrogen-bond acceptors (Lipinski definition) is 4. The lowest BCUT2D eigenvalue weighted by molar-refractivity contribution is -0.137. The highest BCUT2D eigenvalue weighted by Gasteiger charge is 2.25. The molecule has 0 saturated carbocycles. The third-order valence-corrected chi connectivity index (χ3v) is 4.02. The molecule has 0 aliphatic carbocycles. The predicted molar refractivity (Wildman–Crippen MR) is 68.7 cm³/mol. The molecule has 0 aromatic carbocycles. The Bertz CT molecular complexity index is 367. The number of carboxylic acids is 1. The van der Waals surface area contributed by atoms with Crippen LogP contribution in [0, 0.1) is 0 Å². The van der Waals surface area contributed by atoms with E-state index in [0.717, 1.165) is 9.35 Å². The summed E-state index contributed by atoms with van der Waals surface area (Å²) in [6.45, 7) is 0. The van der Waals surface area contributed by atoms with E-state index < -0.39 is 12.0 Å². The number of aliphatic carboxylic acids is 1. The van der Waals surface area contributed by atoms with Gasteiger partial charge in [-0.3, -0.25) is 4.79 Å². The van der Waals surface area contributed by atoms with Gasteiger partial charge in [0.25, 0.3) is 0 Å². The molecule has 1 rings (SSSR count). The summed E-state index contributed by atoms with van der Waals surface area (Å²) >= 11 is 4.96. The van der Waals surface area contributed by atoms with E-state index in [-0.39, 0.29) is 12.5 Å². The van der Waals surface area contributed by atoms with E-state index in [1.807, 2.05) is 30.4 Å². The van der Waals surface area contributed by atoms with E-state index in [1.165, 1.54) is 0 Å². The van der Waals surface area contributed by atoms with Gasteiger partial charge in [0.05, 0.1) is 12.5 Å². The van der Waals surface area contributed by atoms with Crippen LogP contribution in [-0.4, -0.2) is 36.1 Å². The maximum absolute atomic E-state index is 10.7. The number of carbonyl (C=O) groups is 1. The molecule has 4 nitrogen and oxygen atoms in total. The van der Waals surface area contributed by atoms with Crippen LogP contribution in [0.4, 0.5) is 0 Å². The molecule has 0 fully saturated rings. The van der Waals surface area contributed by atoms with Crippen molar-refractivity contribution in [3.8, 4) is 0 Å². The summed E-state index contributed by atoms with van der Waals surface area (Å²) in [4.78, 5) is 13.7. The summed E-state index contributed by atoms with van der Waals surface area (Å²) in [7, 11) is 3.81. The molecule has 3 N–H and O–H groups in total. The fraction of sp³-hybridized carbons (Fsp3) is 0.500. The molecule has 1 aromatic heterocycles. The van der Waals surface area contributed by atoms with Crippen LogP contribution in [-0.2, 0) is 4.79 Å². The highest BCUT2D eigenvalue weighted by molar-refractivity contribution is 9.10. The SMILES string of the molecule is CN(C)C(c1cc(Br)cs1)C(N)CC(=O)O. The van der Waals surface area contributed by atoms with Crippen molar-refractivity contribution in [2.45, 2.75) is 18.5 Å². The number of likely N-dealkylation sites (N-methyl/N-ethyl adjacent to an activating group) is 1. The number of nitrogens with zero attached hydrogens (tertiary/aromatic N) is 1. The van der Waals surface area contributed by atoms with E-state index in [9.17, 15) is 4.79 Å². The van der Waals surface area contributed by atoms with Gasteiger partial charge in [0.2, 0.25) is 0 Å². The van der Waals surface area contributed by atoms with E-state index in [0.29, 0.717) is 0 Å². The molecule has 6 heteroatoms. The Morgan fingerprint density at radius 2 is 2.31 bits per heavy atom. The predicted octanol–water partition coefficient (Wildman–Crippen LogP) is 1.92. The van der Waals surface area contributed by atoms with Crippen molar-refractivity contribution in [1.82, 2.24) is 4.90 Å². The fourth-order valence-corrected chi connectivity index (χ4v) is 3.36. The molecule has 1 heterocycles. The maximum Gasteiger partial charge on any atom is 0.304 e. The average molecular weight is 307 g/mol. The van der Waals surface area contributed by atoms with Crippen LogP contribution in [0.3, 0.4) is 0 Å². The Morgan fingerprint density at radius 1 is 1.69 bits per heavy atom. The van der Waals surface area contributed by atoms with Gasteiger partial charge in [0, 0.05) is 20.8 Å². The van der Waals surface area contributed by atoms with Gasteiger partial charge in [-0.25, -0.2) is 0 Å².